The van der Waals surface area contributed by atoms with Crippen molar-refractivity contribution in [2.45, 2.75) is 19.4 Å². The van der Waals surface area contributed by atoms with Crippen LogP contribution in [0.4, 0.5) is 4.39 Å². The molecule has 0 aromatic heterocycles. The Morgan fingerprint density at radius 1 is 1.58 bits per heavy atom. The number of rotatable bonds is 4. The molecule has 3 nitrogen and oxygen atoms in total. The molecule has 5 heteroatoms. The normalized spacial score (nSPS) is 20.5. The lowest BCUT2D eigenvalue weighted by Crippen LogP contribution is -2.46. The molecule has 1 aromatic carbocycles. The van der Waals surface area contributed by atoms with Crippen LogP contribution in [0.25, 0.3) is 0 Å². The first-order valence-corrected chi connectivity index (χ1v) is 7.20. The number of carbonyl (C=O) groups excluding carboxylic acids is 1. The first-order chi connectivity index (χ1) is 9.11. The Bertz CT molecular complexity index is 467. The zero-order valence-corrected chi connectivity index (χ0v) is 12.5. The van der Waals surface area contributed by atoms with Gasteiger partial charge in [-0.05, 0) is 34.1 Å². The number of hydrogen-bond acceptors (Lipinski definition) is 3. The average Bonchev–Trinajstić information content (AvgIpc) is 2.44. The van der Waals surface area contributed by atoms with Crippen molar-refractivity contribution < 1.29 is 13.9 Å². The molecule has 1 saturated heterocycles. The maximum Gasteiger partial charge on any atom is 0.167 e. The van der Waals surface area contributed by atoms with Crippen LogP contribution in [0.3, 0.4) is 0 Å². The number of carbonyl (C=O) groups is 1. The molecule has 0 spiro atoms. The molecule has 1 fully saturated rings. The predicted octanol–water partition coefficient (Wildman–Crippen LogP) is 2.42. The van der Waals surface area contributed by atoms with E-state index in [0.29, 0.717) is 23.2 Å². The lowest BCUT2D eigenvalue weighted by Gasteiger charge is -2.31. The van der Waals surface area contributed by atoms with E-state index in [1.165, 1.54) is 6.07 Å². The number of likely N-dealkylation sites (N-methyl/N-ethyl adjacent to an activating group) is 1. The molecular weight excluding hydrogens is 313 g/mol. The number of ether oxygens (including phenoxy) is 1. The monoisotopic (exact) mass is 329 g/mol. The van der Waals surface area contributed by atoms with Crippen LogP contribution in [-0.2, 0) is 16.0 Å². The highest BCUT2D eigenvalue weighted by Gasteiger charge is 2.26. The second kappa shape index (κ2) is 6.59. The van der Waals surface area contributed by atoms with Gasteiger partial charge in [0.05, 0.1) is 11.1 Å². The maximum atomic E-state index is 13.4. The van der Waals surface area contributed by atoms with Crippen LogP contribution in [0.2, 0.25) is 0 Å². The fraction of sp³-hybridized carbons (Fsp3) is 0.500. The zero-order chi connectivity index (χ0) is 13.8. The van der Waals surface area contributed by atoms with E-state index < -0.39 is 6.10 Å². The summed E-state index contributed by atoms with van der Waals surface area (Å²) in [5.41, 5.74) is 0.669. The third kappa shape index (κ3) is 3.61. The third-order valence-corrected chi connectivity index (χ3v) is 4.24. The predicted molar refractivity (Wildman–Crippen MR) is 74.7 cm³/mol. The SMILES string of the molecule is CCN1CCOC(C(=O)Cc2cccc(F)c2Br)C1. The minimum Gasteiger partial charge on any atom is -0.368 e. The first-order valence-electron chi connectivity index (χ1n) is 6.41. The molecule has 1 aliphatic rings. The van der Waals surface area contributed by atoms with Crippen LogP contribution in [0.1, 0.15) is 12.5 Å². The van der Waals surface area contributed by atoms with Gasteiger partial charge in [-0.25, -0.2) is 4.39 Å². The maximum absolute atomic E-state index is 13.4. The summed E-state index contributed by atoms with van der Waals surface area (Å²) in [4.78, 5) is 14.4. The number of halogens is 2. The van der Waals surface area contributed by atoms with E-state index in [1.807, 2.05) is 0 Å². The summed E-state index contributed by atoms with van der Waals surface area (Å²) in [5, 5.41) is 0. The van der Waals surface area contributed by atoms with Gasteiger partial charge in [-0.3, -0.25) is 9.69 Å². The van der Waals surface area contributed by atoms with Crippen molar-refractivity contribution in [3.63, 3.8) is 0 Å². The van der Waals surface area contributed by atoms with Crippen LogP contribution >= 0.6 is 15.9 Å². The summed E-state index contributed by atoms with van der Waals surface area (Å²) < 4.78 is 19.3. The molecule has 1 heterocycles. The van der Waals surface area contributed by atoms with Crippen molar-refractivity contribution in [3.8, 4) is 0 Å². The Kier molecular flexibility index (Phi) is 5.07. The van der Waals surface area contributed by atoms with Crippen LogP contribution in [0, 0.1) is 5.82 Å². The van der Waals surface area contributed by atoms with Gasteiger partial charge >= 0.3 is 0 Å². The van der Waals surface area contributed by atoms with Crippen LogP contribution in [0.5, 0.6) is 0 Å². The smallest absolute Gasteiger partial charge is 0.167 e. The largest absolute Gasteiger partial charge is 0.368 e. The van der Waals surface area contributed by atoms with E-state index in [-0.39, 0.29) is 18.0 Å². The molecule has 0 bridgehead atoms. The Morgan fingerprint density at radius 2 is 2.37 bits per heavy atom. The second-order valence-electron chi connectivity index (χ2n) is 4.61. The van der Waals surface area contributed by atoms with Gasteiger partial charge in [-0.2, -0.15) is 0 Å². The third-order valence-electron chi connectivity index (χ3n) is 3.35. The second-order valence-corrected chi connectivity index (χ2v) is 5.40. The number of benzene rings is 1. The molecule has 2 rings (SSSR count). The summed E-state index contributed by atoms with van der Waals surface area (Å²) in [7, 11) is 0. The van der Waals surface area contributed by atoms with Gasteiger partial charge in [0.2, 0.25) is 0 Å². The van der Waals surface area contributed by atoms with Crippen molar-refractivity contribution in [1.29, 1.82) is 0 Å². The van der Waals surface area contributed by atoms with Gasteiger partial charge in [0, 0.05) is 19.5 Å². The van der Waals surface area contributed by atoms with Gasteiger partial charge in [-0.1, -0.05) is 19.1 Å². The number of Topliss-reactive ketones (excluding diaryl/α,β-unsaturated/α-hetero) is 1. The van der Waals surface area contributed by atoms with Crippen LogP contribution in [-0.4, -0.2) is 43.0 Å². The average molecular weight is 330 g/mol. The first kappa shape index (κ1) is 14.6. The molecule has 1 aliphatic heterocycles. The number of nitrogens with zero attached hydrogens (tertiary/aromatic N) is 1. The highest BCUT2D eigenvalue weighted by Crippen LogP contribution is 2.22. The Labute approximate surface area is 120 Å². The van der Waals surface area contributed by atoms with Crippen LogP contribution < -0.4 is 0 Å². The molecule has 0 aliphatic carbocycles. The summed E-state index contributed by atoms with van der Waals surface area (Å²) in [6.07, 6.45) is -0.204. The number of ketones is 1. The lowest BCUT2D eigenvalue weighted by molar-refractivity contribution is -0.135. The minimum atomic E-state index is -0.399. The van der Waals surface area contributed by atoms with Gasteiger partial charge in [0.15, 0.2) is 5.78 Å². The van der Waals surface area contributed by atoms with E-state index in [0.717, 1.165) is 13.1 Å². The zero-order valence-electron chi connectivity index (χ0n) is 10.9. The van der Waals surface area contributed by atoms with Crippen LogP contribution in [0.15, 0.2) is 22.7 Å². The molecule has 1 unspecified atom stereocenters. The molecule has 0 amide bonds. The van der Waals surface area contributed by atoms with Crippen molar-refractivity contribution in [3.05, 3.63) is 34.1 Å². The molecule has 1 atom stereocenters. The van der Waals surface area contributed by atoms with Crippen molar-refractivity contribution in [1.82, 2.24) is 4.90 Å². The number of morpholine rings is 1. The molecule has 19 heavy (non-hydrogen) atoms. The molecule has 104 valence electrons. The summed E-state index contributed by atoms with van der Waals surface area (Å²) in [6.45, 7) is 5.05. The molecule has 1 aromatic rings. The van der Waals surface area contributed by atoms with Gasteiger partial charge in [0.25, 0.3) is 0 Å². The van der Waals surface area contributed by atoms with Gasteiger partial charge < -0.3 is 4.74 Å². The fourth-order valence-electron chi connectivity index (χ4n) is 2.17. The number of hydrogen-bond donors (Lipinski definition) is 0. The summed E-state index contributed by atoms with van der Waals surface area (Å²) in [6, 6.07) is 4.74. The van der Waals surface area contributed by atoms with E-state index in [1.54, 1.807) is 12.1 Å². The Balaban J connectivity index is 2.02. The van der Waals surface area contributed by atoms with Gasteiger partial charge in [0.1, 0.15) is 11.9 Å². The summed E-state index contributed by atoms with van der Waals surface area (Å²) in [5.74, 6) is -0.338. The highest BCUT2D eigenvalue weighted by atomic mass is 79.9. The molecule has 0 radical (unpaired) electrons. The molecular formula is C14H17BrFNO2. The minimum absolute atomic E-state index is 0.00412. The van der Waals surface area contributed by atoms with E-state index in [4.69, 9.17) is 4.74 Å². The quantitative estimate of drug-likeness (QED) is 0.849. The van der Waals surface area contributed by atoms with E-state index in [2.05, 4.69) is 27.8 Å². The van der Waals surface area contributed by atoms with Crippen molar-refractivity contribution >= 4 is 21.7 Å². The lowest BCUT2D eigenvalue weighted by atomic mass is 10.0. The topological polar surface area (TPSA) is 29.5 Å². The Hall–Kier alpha value is -0.780. The highest BCUT2D eigenvalue weighted by molar-refractivity contribution is 9.10. The standard InChI is InChI=1S/C14H17BrFNO2/c1-2-17-6-7-19-13(9-17)12(18)8-10-4-3-5-11(16)14(10)15/h3-5,13H,2,6-9H2,1H3. The van der Waals surface area contributed by atoms with Crippen molar-refractivity contribution in [2.75, 3.05) is 26.2 Å². The van der Waals surface area contributed by atoms with E-state index in [9.17, 15) is 9.18 Å². The van der Waals surface area contributed by atoms with Gasteiger partial charge in [-0.15, -0.1) is 0 Å². The summed E-state index contributed by atoms with van der Waals surface area (Å²) >= 11 is 3.18. The fourth-order valence-corrected chi connectivity index (χ4v) is 2.58. The molecule has 0 saturated carbocycles. The van der Waals surface area contributed by atoms with E-state index >= 15 is 0 Å². The van der Waals surface area contributed by atoms with Crippen molar-refractivity contribution in [2.24, 2.45) is 0 Å². The molecule has 0 N–H and O–H groups in total. The Morgan fingerprint density at radius 3 is 3.11 bits per heavy atom.